The van der Waals surface area contributed by atoms with Crippen molar-refractivity contribution in [3.8, 4) is 11.3 Å². The number of benzene rings is 2. The van der Waals surface area contributed by atoms with Gasteiger partial charge in [-0.2, -0.15) is 0 Å². The van der Waals surface area contributed by atoms with Crippen molar-refractivity contribution in [3.05, 3.63) is 63.0 Å². The molecule has 3 rings (SSSR count). The van der Waals surface area contributed by atoms with Gasteiger partial charge >= 0.3 is 51.4 Å². The molecule has 0 amide bonds. The van der Waals surface area contributed by atoms with Gasteiger partial charge in [-0.15, -0.1) is 0 Å². The predicted octanol–water partition coefficient (Wildman–Crippen LogP) is 0.794. The molecule has 0 N–H and O–H groups in total. The fourth-order valence-corrected chi connectivity index (χ4v) is 2.75. The third-order valence-corrected chi connectivity index (χ3v) is 4.15. The zero-order valence-corrected chi connectivity index (χ0v) is 17.9. The maximum atomic E-state index is 11.4. The van der Waals surface area contributed by atoms with E-state index in [1.54, 1.807) is 24.3 Å². The number of carbonyl (C=O) groups is 1. The van der Waals surface area contributed by atoms with Gasteiger partial charge in [0.25, 0.3) is 0 Å². The fourth-order valence-electron chi connectivity index (χ4n) is 2.14. The molecule has 0 aliphatic carbocycles. The van der Waals surface area contributed by atoms with E-state index in [1.165, 1.54) is 0 Å². The normalized spacial score (nSPS) is 10.3. The second-order valence-corrected chi connectivity index (χ2v) is 6.34. The van der Waals surface area contributed by atoms with Crippen molar-refractivity contribution in [1.82, 2.24) is 4.98 Å². The topological polar surface area (TPSA) is 53.0 Å². The Kier molecular flexibility index (Phi) is 6.35. The van der Waals surface area contributed by atoms with Crippen LogP contribution in [0.15, 0.2) is 57.5 Å². The summed E-state index contributed by atoms with van der Waals surface area (Å²) in [7, 11) is 0. The summed E-state index contributed by atoms with van der Waals surface area (Å²) in [6, 6.07) is 14.4. The van der Waals surface area contributed by atoms with Crippen LogP contribution in [0, 0.1) is 0 Å². The third kappa shape index (κ3) is 3.87. The number of carboxylic acid groups (broad SMARTS) is 1. The molecule has 0 saturated carbocycles. The molecule has 1 heterocycles. The van der Waals surface area contributed by atoms with Crippen LogP contribution >= 0.6 is 31.9 Å². The number of halogens is 2. The van der Waals surface area contributed by atoms with E-state index in [9.17, 15) is 9.90 Å². The molecule has 0 aliphatic rings. The number of hydrogen-bond donors (Lipinski definition) is 0. The Bertz CT molecular complexity index is 851. The molecule has 3 nitrogen and oxygen atoms in total. The summed E-state index contributed by atoms with van der Waals surface area (Å²) in [5, 5.41) is 11.9. The summed E-state index contributed by atoms with van der Waals surface area (Å²) in [5.74, 6) is -1.21. The van der Waals surface area contributed by atoms with Gasteiger partial charge < -0.3 is 9.90 Å². The summed E-state index contributed by atoms with van der Waals surface area (Å²) < 4.78 is 1.80. The Labute approximate surface area is 186 Å². The van der Waals surface area contributed by atoms with E-state index >= 15 is 0 Å². The summed E-state index contributed by atoms with van der Waals surface area (Å²) in [5.41, 5.74) is 2.21. The Morgan fingerprint density at radius 2 is 1.59 bits per heavy atom. The van der Waals surface area contributed by atoms with Gasteiger partial charge in [0, 0.05) is 25.5 Å². The molecular weight excluding hydrogens is 437 g/mol. The van der Waals surface area contributed by atoms with Crippen LogP contribution in [0.25, 0.3) is 22.2 Å². The standard InChI is InChI=1S/C16H9Br2NO2.K/c17-10-3-1-9(2-4-10)14-8-13(16(20)21)12-6-5-11(18)7-15(12)19-14;/h1-8H,(H,20,21);/q;+1/p-1. The van der Waals surface area contributed by atoms with Crippen molar-refractivity contribution >= 4 is 48.7 Å². The minimum absolute atomic E-state index is 0. The number of carbonyl (C=O) groups excluding carboxylic acids is 1. The van der Waals surface area contributed by atoms with Crippen LogP contribution in [-0.2, 0) is 0 Å². The van der Waals surface area contributed by atoms with Crippen molar-refractivity contribution in [2.75, 3.05) is 0 Å². The maximum absolute atomic E-state index is 11.4. The molecule has 0 bridgehead atoms. The van der Waals surface area contributed by atoms with Crippen molar-refractivity contribution in [2.24, 2.45) is 0 Å². The van der Waals surface area contributed by atoms with Gasteiger partial charge in [-0.25, -0.2) is 4.98 Å². The van der Waals surface area contributed by atoms with Crippen LogP contribution in [0.4, 0.5) is 0 Å². The zero-order chi connectivity index (χ0) is 15.0. The first-order chi connectivity index (χ1) is 10.0. The second kappa shape index (κ2) is 7.66. The number of carboxylic acids is 1. The number of pyridine rings is 1. The molecule has 104 valence electrons. The van der Waals surface area contributed by atoms with Crippen LogP contribution in [0.3, 0.4) is 0 Å². The monoisotopic (exact) mass is 443 g/mol. The van der Waals surface area contributed by atoms with Crippen LogP contribution in [0.1, 0.15) is 10.4 Å². The molecule has 0 unspecified atom stereocenters. The molecule has 0 atom stereocenters. The van der Waals surface area contributed by atoms with Crippen molar-refractivity contribution in [2.45, 2.75) is 0 Å². The van der Waals surface area contributed by atoms with Gasteiger partial charge in [0.2, 0.25) is 0 Å². The zero-order valence-electron chi connectivity index (χ0n) is 11.6. The molecule has 2 aromatic carbocycles. The Morgan fingerprint density at radius 3 is 2.23 bits per heavy atom. The number of aromatic carboxylic acids is 1. The van der Waals surface area contributed by atoms with Crippen molar-refractivity contribution < 1.29 is 61.3 Å². The SMILES string of the molecule is O=C([O-])c1cc(-c2ccc(Br)cc2)nc2cc(Br)ccc12.[K+]. The first-order valence-corrected chi connectivity index (χ1v) is 7.71. The molecule has 0 spiro atoms. The molecule has 0 radical (unpaired) electrons. The average Bonchev–Trinajstić information content (AvgIpc) is 2.46. The second-order valence-electron chi connectivity index (χ2n) is 4.51. The third-order valence-electron chi connectivity index (χ3n) is 3.13. The smallest absolute Gasteiger partial charge is 0.545 e. The summed E-state index contributed by atoms with van der Waals surface area (Å²) in [6.07, 6.45) is 0. The van der Waals surface area contributed by atoms with Gasteiger partial charge in [0.15, 0.2) is 0 Å². The van der Waals surface area contributed by atoms with Crippen molar-refractivity contribution in [1.29, 1.82) is 0 Å². The van der Waals surface area contributed by atoms with E-state index in [2.05, 4.69) is 36.8 Å². The van der Waals surface area contributed by atoms with E-state index in [4.69, 9.17) is 0 Å². The molecule has 3 aromatic rings. The van der Waals surface area contributed by atoms with Gasteiger partial charge in [-0.3, -0.25) is 0 Å². The fraction of sp³-hybridized carbons (Fsp3) is 0. The van der Waals surface area contributed by atoms with E-state index in [0.29, 0.717) is 16.6 Å². The van der Waals surface area contributed by atoms with Gasteiger partial charge in [-0.05, 0) is 30.3 Å². The van der Waals surface area contributed by atoms with Gasteiger partial charge in [-0.1, -0.05) is 50.1 Å². The average molecular weight is 445 g/mol. The molecule has 1 aromatic heterocycles. The number of hydrogen-bond acceptors (Lipinski definition) is 3. The summed E-state index contributed by atoms with van der Waals surface area (Å²) >= 11 is 6.75. The molecular formula is C16H8Br2KNO2. The Balaban J connectivity index is 0.00000176. The molecule has 0 fully saturated rings. The summed E-state index contributed by atoms with van der Waals surface area (Å²) in [4.78, 5) is 15.9. The quantitative estimate of drug-likeness (QED) is 0.549. The van der Waals surface area contributed by atoms with E-state index < -0.39 is 5.97 Å². The van der Waals surface area contributed by atoms with Crippen LogP contribution in [-0.4, -0.2) is 11.0 Å². The number of fused-ring (bicyclic) bond motifs is 1. The first-order valence-electron chi connectivity index (χ1n) is 6.12. The number of nitrogens with zero attached hydrogens (tertiary/aromatic N) is 1. The van der Waals surface area contributed by atoms with Crippen LogP contribution in [0.5, 0.6) is 0 Å². The molecule has 6 heteroatoms. The predicted molar refractivity (Wildman–Crippen MR) is 86.9 cm³/mol. The van der Waals surface area contributed by atoms with Crippen LogP contribution < -0.4 is 56.5 Å². The molecule has 0 saturated heterocycles. The number of rotatable bonds is 2. The molecule has 0 aliphatic heterocycles. The Hall–Kier alpha value is -0.0836. The van der Waals surface area contributed by atoms with Crippen molar-refractivity contribution in [3.63, 3.8) is 0 Å². The minimum atomic E-state index is -1.21. The van der Waals surface area contributed by atoms with E-state index in [-0.39, 0.29) is 56.9 Å². The maximum Gasteiger partial charge on any atom is 1.00 e. The van der Waals surface area contributed by atoms with Crippen LogP contribution in [0.2, 0.25) is 0 Å². The largest absolute Gasteiger partial charge is 1.00 e. The van der Waals surface area contributed by atoms with Gasteiger partial charge in [0.1, 0.15) is 0 Å². The summed E-state index contributed by atoms with van der Waals surface area (Å²) in [6.45, 7) is 0. The minimum Gasteiger partial charge on any atom is -0.545 e. The molecule has 22 heavy (non-hydrogen) atoms. The van der Waals surface area contributed by atoms with Gasteiger partial charge in [0.05, 0.1) is 17.2 Å². The Morgan fingerprint density at radius 1 is 0.955 bits per heavy atom. The number of aromatic nitrogens is 1. The first kappa shape index (κ1) is 18.3. The van der Waals surface area contributed by atoms with E-state index in [1.807, 2.05) is 24.3 Å². The van der Waals surface area contributed by atoms with E-state index in [0.717, 1.165) is 14.5 Å².